The third-order valence-corrected chi connectivity index (χ3v) is 2.55. The number of halogens is 2. The molecular weight excluding hydrogens is 271 g/mol. The molecule has 1 rings (SSSR count). The maximum atomic E-state index is 13.1. The summed E-state index contributed by atoms with van der Waals surface area (Å²) in [5.74, 6) is -0.374. The normalized spacial score (nSPS) is 11.3. The molecule has 0 aliphatic carbocycles. The highest BCUT2D eigenvalue weighted by Gasteiger charge is 2.19. The monoisotopic (exact) mass is 288 g/mol. The molecule has 0 aliphatic heterocycles. The number of amides is 1. The van der Waals surface area contributed by atoms with Crippen molar-refractivity contribution in [1.29, 1.82) is 0 Å². The lowest BCUT2D eigenvalue weighted by molar-refractivity contribution is 0.0197. The number of rotatable bonds is 3. The number of hydrogen-bond donors (Lipinski definition) is 1. The van der Waals surface area contributed by atoms with Gasteiger partial charge in [0.1, 0.15) is 11.4 Å². The van der Waals surface area contributed by atoms with Gasteiger partial charge in [-0.2, -0.15) is 0 Å². The zero-order valence-corrected chi connectivity index (χ0v) is 12.2. The van der Waals surface area contributed by atoms with Crippen LogP contribution in [0.4, 0.5) is 9.18 Å². The van der Waals surface area contributed by atoms with E-state index in [0.717, 1.165) is 0 Å². The SMILES string of the molecule is CN(NCc1cc(F)ccc1Cl)C(=O)OC(C)(C)C. The molecule has 1 aromatic carbocycles. The number of ether oxygens (including phenoxy) is 1. The zero-order valence-electron chi connectivity index (χ0n) is 11.5. The predicted molar refractivity (Wildman–Crippen MR) is 72.2 cm³/mol. The molecule has 0 aliphatic rings. The largest absolute Gasteiger partial charge is 0.443 e. The number of hydrazine groups is 1. The molecule has 0 saturated carbocycles. The average Bonchev–Trinajstić information content (AvgIpc) is 2.27. The van der Waals surface area contributed by atoms with E-state index in [0.29, 0.717) is 10.6 Å². The average molecular weight is 289 g/mol. The Hall–Kier alpha value is -1.33. The van der Waals surface area contributed by atoms with Crippen LogP contribution in [0.1, 0.15) is 26.3 Å². The Morgan fingerprint density at radius 2 is 2.11 bits per heavy atom. The standard InChI is InChI=1S/C13H18ClFN2O2/c1-13(2,3)19-12(18)17(4)16-8-9-7-10(15)5-6-11(9)14/h5-7,16H,8H2,1-4H3. The summed E-state index contributed by atoms with van der Waals surface area (Å²) in [6.45, 7) is 5.57. The first kappa shape index (κ1) is 15.7. The van der Waals surface area contributed by atoms with Gasteiger partial charge in [0.05, 0.1) is 0 Å². The third-order valence-electron chi connectivity index (χ3n) is 2.18. The zero-order chi connectivity index (χ0) is 14.6. The van der Waals surface area contributed by atoms with E-state index in [2.05, 4.69) is 5.43 Å². The van der Waals surface area contributed by atoms with Gasteiger partial charge in [-0.05, 0) is 44.5 Å². The fourth-order valence-corrected chi connectivity index (χ4v) is 1.46. The molecule has 1 amide bonds. The fraction of sp³-hybridized carbons (Fsp3) is 0.462. The van der Waals surface area contributed by atoms with Crippen LogP contribution < -0.4 is 5.43 Å². The summed E-state index contributed by atoms with van der Waals surface area (Å²) in [5, 5.41) is 1.64. The quantitative estimate of drug-likeness (QED) is 0.867. The molecule has 106 valence electrons. The Balaban J connectivity index is 2.56. The van der Waals surface area contributed by atoms with Gasteiger partial charge in [-0.3, -0.25) is 0 Å². The first-order chi connectivity index (χ1) is 8.69. The highest BCUT2D eigenvalue weighted by molar-refractivity contribution is 6.31. The molecule has 0 spiro atoms. The van der Waals surface area contributed by atoms with Crippen molar-refractivity contribution in [3.63, 3.8) is 0 Å². The van der Waals surface area contributed by atoms with E-state index in [1.807, 2.05) is 0 Å². The van der Waals surface area contributed by atoms with E-state index >= 15 is 0 Å². The van der Waals surface area contributed by atoms with Crippen molar-refractivity contribution >= 4 is 17.7 Å². The third kappa shape index (κ3) is 5.44. The predicted octanol–water partition coefficient (Wildman–Crippen LogP) is 3.35. The van der Waals surface area contributed by atoms with Crippen LogP contribution in [0, 0.1) is 5.82 Å². The fourth-order valence-electron chi connectivity index (χ4n) is 1.28. The Morgan fingerprint density at radius 1 is 1.47 bits per heavy atom. The summed E-state index contributed by atoms with van der Waals surface area (Å²) in [4.78, 5) is 11.7. The van der Waals surface area contributed by atoms with Crippen molar-refractivity contribution in [2.75, 3.05) is 7.05 Å². The molecule has 1 N–H and O–H groups in total. The molecule has 0 heterocycles. The molecule has 6 heteroatoms. The van der Waals surface area contributed by atoms with Gasteiger partial charge in [-0.25, -0.2) is 19.6 Å². The first-order valence-corrected chi connectivity index (χ1v) is 6.21. The number of carbonyl (C=O) groups excluding carboxylic acids is 1. The van der Waals surface area contributed by atoms with Gasteiger partial charge in [0.25, 0.3) is 0 Å². The number of hydrogen-bond acceptors (Lipinski definition) is 3. The first-order valence-electron chi connectivity index (χ1n) is 5.83. The van der Waals surface area contributed by atoms with Crippen LogP contribution in [-0.2, 0) is 11.3 Å². The number of carbonyl (C=O) groups is 1. The lowest BCUT2D eigenvalue weighted by atomic mass is 10.2. The van der Waals surface area contributed by atoms with Gasteiger partial charge in [-0.1, -0.05) is 11.6 Å². The van der Waals surface area contributed by atoms with Crippen molar-refractivity contribution in [3.05, 3.63) is 34.6 Å². The molecular formula is C13H18ClFN2O2. The number of benzene rings is 1. The van der Waals surface area contributed by atoms with Gasteiger partial charge < -0.3 is 4.74 Å². The van der Waals surface area contributed by atoms with E-state index in [1.54, 1.807) is 20.8 Å². The van der Waals surface area contributed by atoms with Gasteiger partial charge in [0.2, 0.25) is 0 Å². The molecule has 0 atom stereocenters. The molecule has 4 nitrogen and oxygen atoms in total. The summed E-state index contributed by atoms with van der Waals surface area (Å²) >= 11 is 5.92. The van der Waals surface area contributed by atoms with Crippen molar-refractivity contribution in [2.45, 2.75) is 32.9 Å². The second kappa shape index (κ2) is 6.21. The van der Waals surface area contributed by atoms with Crippen LogP contribution in [-0.4, -0.2) is 23.8 Å². The minimum Gasteiger partial charge on any atom is -0.443 e. The highest BCUT2D eigenvalue weighted by atomic mass is 35.5. The maximum absolute atomic E-state index is 13.1. The maximum Gasteiger partial charge on any atom is 0.424 e. The molecule has 19 heavy (non-hydrogen) atoms. The van der Waals surface area contributed by atoms with E-state index in [-0.39, 0.29) is 12.4 Å². The topological polar surface area (TPSA) is 41.6 Å². The van der Waals surface area contributed by atoms with Crippen LogP contribution in [0.2, 0.25) is 5.02 Å². The Labute approximate surface area is 117 Å². The van der Waals surface area contributed by atoms with Gasteiger partial charge in [0.15, 0.2) is 0 Å². The van der Waals surface area contributed by atoms with E-state index in [1.165, 1.54) is 30.3 Å². The van der Waals surface area contributed by atoms with Crippen molar-refractivity contribution in [2.24, 2.45) is 0 Å². The van der Waals surface area contributed by atoms with Gasteiger partial charge in [-0.15, -0.1) is 0 Å². The molecule has 0 bridgehead atoms. The van der Waals surface area contributed by atoms with Gasteiger partial charge in [0, 0.05) is 18.6 Å². The molecule has 1 aromatic rings. The summed E-state index contributed by atoms with van der Waals surface area (Å²) in [7, 11) is 1.53. The minimum atomic E-state index is -0.566. The van der Waals surface area contributed by atoms with Crippen molar-refractivity contribution in [3.8, 4) is 0 Å². The minimum absolute atomic E-state index is 0.229. The Bertz CT molecular complexity index is 460. The number of nitrogens with zero attached hydrogens (tertiary/aromatic N) is 1. The second-order valence-electron chi connectivity index (χ2n) is 5.11. The van der Waals surface area contributed by atoms with Crippen molar-refractivity contribution in [1.82, 2.24) is 10.4 Å². The smallest absolute Gasteiger partial charge is 0.424 e. The Morgan fingerprint density at radius 3 is 2.68 bits per heavy atom. The van der Waals surface area contributed by atoms with Crippen LogP contribution in [0.15, 0.2) is 18.2 Å². The summed E-state index contributed by atoms with van der Waals surface area (Å²) in [5.41, 5.74) is 2.80. The summed E-state index contributed by atoms with van der Waals surface area (Å²) < 4.78 is 18.2. The number of nitrogens with one attached hydrogen (secondary N) is 1. The van der Waals surface area contributed by atoms with Crippen molar-refractivity contribution < 1.29 is 13.9 Å². The molecule has 0 radical (unpaired) electrons. The molecule has 0 saturated heterocycles. The molecule has 0 unspecified atom stereocenters. The Kier molecular flexibility index (Phi) is 5.14. The van der Waals surface area contributed by atoms with E-state index < -0.39 is 11.7 Å². The molecule has 0 aromatic heterocycles. The van der Waals surface area contributed by atoms with Crippen LogP contribution in [0.25, 0.3) is 0 Å². The van der Waals surface area contributed by atoms with E-state index in [9.17, 15) is 9.18 Å². The van der Waals surface area contributed by atoms with Crippen LogP contribution >= 0.6 is 11.6 Å². The lowest BCUT2D eigenvalue weighted by Crippen LogP contribution is -2.42. The second-order valence-corrected chi connectivity index (χ2v) is 5.52. The van der Waals surface area contributed by atoms with Gasteiger partial charge >= 0.3 is 6.09 Å². The highest BCUT2D eigenvalue weighted by Crippen LogP contribution is 2.17. The van der Waals surface area contributed by atoms with Crippen LogP contribution in [0.5, 0.6) is 0 Å². The summed E-state index contributed by atoms with van der Waals surface area (Å²) in [6, 6.07) is 4.07. The summed E-state index contributed by atoms with van der Waals surface area (Å²) in [6.07, 6.45) is -0.514. The van der Waals surface area contributed by atoms with Crippen LogP contribution in [0.3, 0.4) is 0 Å². The lowest BCUT2D eigenvalue weighted by Gasteiger charge is -2.25. The van der Waals surface area contributed by atoms with E-state index in [4.69, 9.17) is 16.3 Å². The molecule has 0 fully saturated rings.